The summed E-state index contributed by atoms with van der Waals surface area (Å²) in [4.78, 5) is 6.75. The lowest BCUT2D eigenvalue weighted by Crippen LogP contribution is -2.22. The fourth-order valence-corrected chi connectivity index (χ4v) is 2.22. The molecule has 0 saturated carbocycles. The van der Waals surface area contributed by atoms with Gasteiger partial charge >= 0.3 is 0 Å². The highest BCUT2D eigenvalue weighted by atomic mass is 15.2. The first-order chi connectivity index (χ1) is 9.76. The Morgan fingerprint density at radius 3 is 2.50 bits per heavy atom. The van der Waals surface area contributed by atoms with E-state index >= 15 is 0 Å². The third-order valence-electron chi connectivity index (χ3n) is 3.51. The van der Waals surface area contributed by atoms with E-state index in [1.54, 1.807) is 0 Å². The van der Waals surface area contributed by atoms with Gasteiger partial charge in [-0.3, -0.25) is 0 Å². The van der Waals surface area contributed by atoms with Gasteiger partial charge in [0.15, 0.2) is 0 Å². The van der Waals surface area contributed by atoms with Crippen molar-refractivity contribution >= 4 is 11.5 Å². The second-order valence-corrected chi connectivity index (χ2v) is 4.78. The third kappa shape index (κ3) is 3.53. The lowest BCUT2D eigenvalue weighted by atomic mass is 10.3. The summed E-state index contributed by atoms with van der Waals surface area (Å²) in [6.45, 7) is 10.3. The minimum absolute atomic E-state index is 0.833. The maximum atomic E-state index is 4.51. The van der Waals surface area contributed by atoms with Gasteiger partial charge in [0.25, 0.3) is 0 Å². The molecule has 2 heterocycles. The summed E-state index contributed by atoms with van der Waals surface area (Å²) in [6.07, 6.45) is 6.19. The van der Waals surface area contributed by atoms with Crippen LogP contribution < -0.4 is 10.2 Å². The van der Waals surface area contributed by atoms with Crippen LogP contribution in [0.1, 0.15) is 26.3 Å². The molecule has 0 bridgehead atoms. The summed E-state index contributed by atoms with van der Waals surface area (Å²) in [7, 11) is 0. The standard InChI is InChI=1S/C16H24N4/c1-4-19-10-9-14(13-19)11-17-15-7-8-16(18-12-15)20(5-2)6-3/h7-10,12-13,17H,4-6,11H2,1-3H3. The fraction of sp³-hybridized carbons (Fsp3) is 0.438. The van der Waals surface area contributed by atoms with E-state index in [4.69, 9.17) is 0 Å². The van der Waals surface area contributed by atoms with E-state index in [-0.39, 0.29) is 0 Å². The van der Waals surface area contributed by atoms with Gasteiger partial charge in [0.2, 0.25) is 0 Å². The fourth-order valence-electron chi connectivity index (χ4n) is 2.22. The maximum absolute atomic E-state index is 4.51. The van der Waals surface area contributed by atoms with Gasteiger partial charge in [0.1, 0.15) is 5.82 Å². The summed E-state index contributed by atoms with van der Waals surface area (Å²) in [5, 5.41) is 3.41. The van der Waals surface area contributed by atoms with Crippen LogP contribution in [0.3, 0.4) is 0 Å². The molecule has 2 rings (SSSR count). The Morgan fingerprint density at radius 1 is 1.15 bits per heavy atom. The van der Waals surface area contributed by atoms with E-state index < -0.39 is 0 Å². The molecule has 0 spiro atoms. The quantitative estimate of drug-likeness (QED) is 0.839. The first-order valence-electron chi connectivity index (χ1n) is 7.36. The number of aryl methyl sites for hydroxylation is 1. The van der Waals surface area contributed by atoms with Gasteiger partial charge in [-0.25, -0.2) is 4.98 Å². The maximum Gasteiger partial charge on any atom is 0.128 e. The number of anilines is 2. The number of nitrogens with zero attached hydrogens (tertiary/aromatic N) is 3. The molecular weight excluding hydrogens is 248 g/mol. The predicted octanol–water partition coefficient (Wildman–Crippen LogP) is 3.36. The number of pyridine rings is 1. The van der Waals surface area contributed by atoms with Crippen LogP contribution in [0.2, 0.25) is 0 Å². The highest BCUT2D eigenvalue weighted by molar-refractivity contribution is 5.48. The van der Waals surface area contributed by atoms with Crippen LogP contribution in [0.15, 0.2) is 36.8 Å². The molecule has 0 saturated heterocycles. The van der Waals surface area contributed by atoms with Crippen molar-refractivity contribution in [3.8, 4) is 0 Å². The summed E-state index contributed by atoms with van der Waals surface area (Å²) in [5.74, 6) is 1.04. The minimum atomic E-state index is 0.833. The summed E-state index contributed by atoms with van der Waals surface area (Å²) < 4.78 is 2.18. The molecule has 0 radical (unpaired) electrons. The smallest absolute Gasteiger partial charge is 0.128 e. The number of hydrogen-bond donors (Lipinski definition) is 1. The molecule has 4 heteroatoms. The highest BCUT2D eigenvalue weighted by Crippen LogP contribution is 2.14. The first kappa shape index (κ1) is 14.4. The monoisotopic (exact) mass is 272 g/mol. The Balaban J connectivity index is 1.93. The molecule has 0 atom stereocenters. The number of hydrogen-bond acceptors (Lipinski definition) is 3. The third-order valence-corrected chi connectivity index (χ3v) is 3.51. The van der Waals surface area contributed by atoms with E-state index in [9.17, 15) is 0 Å². The first-order valence-corrected chi connectivity index (χ1v) is 7.36. The minimum Gasteiger partial charge on any atom is -0.380 e. The SMILES string of the molecule is CCN(CC)c1ccc(NCc2ccn(CC)c2)cn1. The van der Waals surface area contributed by atoms with Crippen molar-refractivity contribution in [1.29, 1.82) is 0 Å². The van der Waals surface area contributed by atoms with E-state index in [0.717, 1.165) is 37.7 Å². The zero-order valence-electron chi connectivity index (χ0n) is 12.6. The van der Waals surface area contributed by atoms with E-state index in [0.29, 0.717) is 0 Å². The number of nitrogens with one attached hydrogen (secondary N) is 1. The second kappa shape index (κ2) is 6.98. The Morgan fingerprint density at radius 2 is 1.95 bits per heavy atom. The molecule has 1 N–H and O–H groups in total. The zero-order chi connectivity index (χ0) is 14.4. The zero-order valence-corrected chi connectivity index (χ0v) is 12.6. The van der Waals surface area contributed by atoms with Gasteiger partial charge in [0.05, 0.1) is 11.9 Å². The van der Waals surface area contributed by atoms with Gasteiger partial charge in [-0.05, 0) is 44.5 Å². The van der Waals surface area contributed by atoms with Crippen LogP contribution in [0.4, 0.5) is 11.5 Å². The molecule has 0 aliphatic rings. The topological polar surface area (TPSA) is 33.1 Å². The Bertz CT molecular complexity index is 512. The average Bonchev–Trinajstić information content (AvgIpc) is 2.96. The second-order valence-electron chi connectivity index (χ2n) is 4.78. The molecule has 2 aromatic heterocycles. The molecule has 20 heavy (non-hydrogen) atoms. The van der Waals surface area contributed by atoms with Crippen LogP contribution in [0.5, 0.6) is 0 Å². The molecule has 0 unspecified atom stereocenters. The number of aromatic nitrogens is 2. The predicted molar refractivity (Wildman–Crippen MR) is 85.2 cm³/mol. The molecule has 0 amide bonds. The normalized spacial score (nSPS) is 10.6. The number of rotatable bonds is 7. The molecule has 108 valence electrons. The van der Waals surface area contributed by atoms with E-state index in [2.05, 4.69) is 71.1 Å². The Labute approximate surface area is 121 Å². The highest BCUT2D eigenvalue weighted by Gasteiger charge is 2.03. The van der Waals surface area contributed by atoms with Crippen molar-refractivity contribution in [2.24, 2.45) is 0 Å². The molecule has 2 aromatic rings. The summed E-state index contributed by atoms with van der Waals surface area (Å²) in [6, 6.07) is 6.32. The Kier molecular flexibility index (Phi) is 5.04. The van der Waals surface area contributed by atoms with Gasteiger partial charge in [0, 0.05) is 38.6 Å². The summed E-state index contributed by atoms with van der Waals surface area (Å²) in [5.41, 5.74) is 2.35. The van der Waals surface area contributed by atoms with Gasteiger partial charge in [-0.15, -0.1) is 0 Å². The summed E-state index contributed by atoms with van der Waals surface area (Å²) >= 11 is 0. The molecule has 4 nitrogen and oxygen atoms in total. The van der Waals surface area contributed by atoms with Gasteiger partial charge < -0.3 is 14.8 Å². The molecule has 0 aliphatic carbocycles. The van der Waals surface area contributed by atoms with Crippen LogP contribution in [-0.4, -0.2) is 22.6 Å². The van der Waals surface area contributed by atoms with Crippen molar-refractivity contribution in [2.75, 3.05) is 23.3 Å². The lowest BCUT2D eigenvalue weighted by molar-refractivity contribution is 0.766. The van der Waals surface area contributed by atoms with Crippen molar-refractivity contribution in [3.05, 3.63) is 42.4 Å². The average molecular weight is 272 g/mol. The van der Waals surface area contributed by atoms with E-state index in [1.807, 2.05) is 6.20 Å². The lowest BCUT2D eigenvalue weighted by Gasteiger charge is -2.19. The van der Waals surface area contributed by atoms with Crippen LogP contribution in [0, 0.1) is 0 Å². The van der Waals surface area contributed by atoms with Crippen LogP contribution >= 0.6 is 0 Å². The Hall–Kier alpha value is -1.97. The molecular formula is C16H24N4. The van der Waals surface area contributed by atoms with Crippen LogP contribution in [0.25, 0.3) is 0 Å². The largest absolute Gasteiger partial charge is 0.380 e. The van der Waals surface area contributed by atoms with Crippen LogP contribution in [-0.2, 0) is 13.1 Å². The van der Waals surface area contributed by atoms with Crippen molar-refractivity contribution in [1.82, 2.24) is 9.55 Å². The van der Waals surface area contributed by atoms with Crippen molar-refractivity contribution in [3.63, 3.8) is 0 Å². The molecule has 0 aromatic carbocycles. The van der Waals surface area contributed by atoms with Gasteiger partial charge in [-0.1, -0.05) is 0 Å². The van der Waals surface area contributed by atoms with Gasteiger partial charge in [-0.2, -0.15) is 0 Å². The van der Waals surface area contributed by atoms with E-state index in [1.165, 1.54) is 5.56 Å². The van der Waals surface area contributed by atoms with Crippen molar-refractivity contribution in [2.45, 2.75) is 33.9 Å². The molecule has 0 aliphatic heterocycles. The van der Waals surface area contributed by atoms with Crippen molar-refractivity contribution < 1.29 is 0 Å². The molecule has 0 fully saturated rings.